The summed E-state index contributed by atoms with van der Waals surface area (Å²) in [6.45, 7) is 0. The van der Waals surface area contributed by atoms with Gasteiger partial charge in [0.1, 0.15) is 6.33 Å². The lowest BCUT2D eigenvalue weighted by atomic mass is 10.7. The molecule has 0 aliphatic carbocycles. The molecule has 10 heteroatoms. The number of oxime groups is 1. The van der Waals surface area contributed by atoms with E-state index in [9.17, 15) is 10.1 Å². The number of nitrogens with zero attached hydrogens (tertiary/aromatic N) is 5. The van der Waals surface area contributed by atoms with Crippen molar-refractivity contribution >= 4 is 18.0 Å². The largest absolute Gasteiger partial charge is 0.411 e. The molecule has 1 rings (SSSR count). The molecule has 0 unspecified atom stereocenters. The normalized spacial score (nSPS) is 11.9. The van der Waals surface area contributed by atoms with E-state index in [4.69, 9.17) is 5.21 Å². The number of nitro groups is 1. The van der Waals surface area contributed by atoms with Gasteiger partial charge in [-0.1, -0.05) is 5.16 Å². The lowest BCUT2D eigenvalue weighted by Crippen LogP contribution is -2.15. The number of H-pyrrole nitrogens is 1. The van der Waals surface area contributed by atoms with Gasteiger partial charge < -0.3 is 15.3 Å². The maximum atomic E-state index is 10.2. The van der Waals surface area contributed by atoms with Gasteiger partial charge >= 0.3 is 5.84 Å². The van der Waals surface area contributed by atoms with Gasteiger partial charge in [0, 0.05) is 0 Å². The highest BCUT2D eigenvalue weighted by atomic mass is 16.6. The van der Waals surface area contributed by atoms with Gasteiger partial charge in [0.25, 0.3) is 5.95 Å². The van der Waals surface area contributed by atoms with Gasteiger partial charge in [-0.2, -0.15) is 10.1 Å². The monoisotopic (exact) mass is 199 g/mol. The maximum absolute atomic E-state index is 10.2. The minimum Gasteiger partial charge on any atom is -0.411 e. The van der Waals surface area contributed by atoms with E-state index in [1.165, 1.54) is 6.33 Å². The standard InChI is InChI=1S/C4H5N7O3/c12-7-1-3(11(13)14)8-10-4-5-2-6-9-4/h1-2,12H,(H2,5,6,9,10)/b7-1+,8-3+. The summed E-state index contributed by atoms with van der Waals surface area (Å²) < 4.78 is 0. The van der Waals surface area contributed by atoms with Crippen molar-refractivity contribution in [2.45, 2.75) is 0 Å². The van der Waals surface area contributed by atoms with E-state index >= 15 is 0 Å². The maximum Gasteiger partial charge on any atom is 0.409 e. The van der Waals surface area contributed by atoms with Crippen LogP contribution in [0.1, 0.15) is 0 Å². The Hall–Kier alpha value is -2.52. The van der Waals surface area contributed by atoms with Crippen LogP contribution >= 0.6 is 0 Å². The van der Waals surface area contributed by atoms with E-state index < -0.39 is 10.8 Å². The Labute approximate surface area is 76.5 Å². The van der Waals surface area contributed by atoms with Crippen molar-refractivity contribution in [3.05, 3.63) is 16.4 Å². The van der Waals surface area contributed by atoms with Crippen molar-refractivity contribution in [3.63, 3.8) is 0 Å². The first-order valence-electron chi connectivity index (χ1n) is 3.25. The fraction of sp³-hybridized carbons (Fsp3) is 0. The second-order valence-electron chi connectivity index (χ2n) is 1.92. The molecule has 0 atom stereocenters. The van der Waals surface area contributed by atoms with Crippen LogP contribution < -0.4 is 5.43 Å². The van der Waals surface area contributed by atoms with Crippen molar-refractivity contribution < 1.29 is 10.1 Å². The molecule has 0 aliphatic rings. The lowest BCUT2D eigenvalue weighted by molar-refractivity contribution is -0.345. The first-order valence-corrected chi connectivity index (χ1v) is 3.25. The molecule has 0 saturated heterocycles. The fourth-order valence-corrected chi connectivity index (χ4v) is 0.538. The van der Waals surface area contributed by atoms with Gasteiger partial charge in [0.05, 0.1) is 5.10 Å². The Morgan fingerprint density at radius 1 is 1.86 bits per heavy atom. The number of aromatic amines is 1. The van der Waals surface area contributed by atoms with Crippen LogP contribution in [0.2, 0.25) is 0 Å². The highest BCUT2D eigenvalue weighted by Crippen LogP contribution is 1.91. The number of aromatic nitrogens is 3. The van der Waals surface area contributed by atoms with Crippen LogP contribution in [0.15, 0.2) is 16.6 Å². The van der Waals surface area contributed by atoms with Gasteiger partial charge in [-0.25, -0.2) is 5.10 Å². The van der Waals surface area contributed by atoms with E-state index in [0.717, 1.165) is 0 Å². The molecule has 0 spiro atoms. The molecular weight excluding hydrogens is 194 g/mol. The van der Waals surface area contributed by atoms with Crippen LogP contribution in [0.5, 0.6) is 0 Å². The summed E-state index contributed by atoms with van der Waals surface area (Å²) in [6, 6.07) is 0. The predicted molar refractivity (Wildman–Crippen MR) is 44.7 cm³/mol. The second-order valence-corrected chi connectivity index (χ2v) is 1.92. The van der Waals surface area contributed by atoms with Crippen LogP contribution in [-0.4, -0.2) is 37.4 Å². The number of hydrogen-bond acceptors (Lipinski definition) is 8. The number of nitrogens with one attached hydrogen (secondary N) is 2. The average Bonchev–Trinajstić information content (AvgIpc) is 2.64. The quantitative estimate of drug-likeness (QED) is 0.192. The molecule has 14 heavy (non-hydrogen) atoms. The minimum absolute atomic E-state index is 0.135. The fourth-order valence-electron chi connectivity index (χ4n) is 0.538. The Balaban J connectivity index is 2.69. The van der Waals surface area contributed by atoms with Crippen molar-refractivity contribution in [1.29, 1.82) is 0 Å². The molecule has 3 N–H and O–H groups in total. The van der Waals surface area contributed by atoms with Crippen molar-refractivity contribution in [1.82, 2.24) is 15.2 Å². The Kier molecular flexibility index (Phi) is 3.07. The number of amidine groups is 1. The molecule has 0 amide bonds. The van der Waals surface area contributed by atoms with Crippen LogP contribution in [0.25, 0.3) is 0 Å². The zero-order chi connectivity index (χ0) is 10.4. The number of hydrogen-bond donors (Lipinski definition) is 3. The molecule has 74 valence electrons. The third-order valence-electron chi connectivity index (χ3n) is 1.05. The molecular formula is C4H5N7O3. The molecule has 0 radical (unpaired) electrons. The summed E-state index contributed by atoms with van der Waals surface area (Å²) in [5.41, 5.74) is 2.21. The van der Waals surface area contributed by atoms with E-state index in [-0.39, 0.29) is 5.95 Å². The van der Waals surface area contributed by atoms with E-state index in [2.05, 4.69) is 30.9 Å². The lowest BCUT2D eigenvalue weighted by Gasteiger charge is -1.89. The van der Waals surface area contributed by atoms with Crippen molar-refractivity contribution in [2.24, 2.45) is 10.3 Å². The van der Waals surface area contributed by atoms with E-state index in [0.29, 0.717) is 6.21 Å². The molecule has 1 heterocycles. The highest BCUT2D eigenvalue weighted by molar-refractivity contribution is 6.25. The molecule has 10 nitrogen and oxygen atoms in total. The van der Waals surface area contributed by atoms with Gasteiger partial charge in [-0.05, 0) is 4.92 Å². The molecule has 0 fully saturated rings. The SMILES string of the molecule is O=[N+]([O-])C(/C=N/O)=N/Nc1ncn[nH]1. The first-order chi connectivity index (χ1) is 6.74. The second kappa shape index (κ2) is 4.49. The third kappa shape index (κ3) is 2.51. The number of anilines is 1. The zero-order valence-corrected chi connectivity index (χ0v) is 6.65. The first kappa shape index (κ1) is 9.57. The molecule has 1 aromatic heterocycles. The Morgan fingerprint density at radius 3 is 3.14 bits per heavy atom. The van der Waals surface area contributed by atoms with Crippen LogP contribution in [-0.2, 0) is 0 Å². The summed E-state index contributed by atoms with van der Waals surface area (Å²) in [5.74, 6) is -0.528. The summed E-state index contributed by atoms with van der Waals surface area (Å²) in [4.78, 5) is 13.0. The summed E-state index contributed by atoms with van der Waals surface area (Å²) in [5, 5.41) is 29.9. The van der Waals surface area contributed by atoms with Crippen molar-refractivity contribution in [2.75, 3.05) is 5.43 Å². The van der Waals surface area contributed by atoms with Crippen LogP contribution in [0.4, 0.5) is 5.95 Å². The van der Waals surface area contributed by atoms with E-state index in [1.54, 1.807) is 0 Å². The zero-order valence-electron chi connectivity index (χ0n) is 6.65. The summed E-state index contributed by atoms with van der Waals surface area (Å²) in [6.07, 6.45) is 1.77. The van der Waals surface area contributed by atoms with Gasteiger partial charge in [-0.3, -0.25) is 0 Å². The smallest absolute Gasteiger partial charge is 0.409 e. The van der Waals surface area contributed by atoms with Crippen LogP contribution in [0.3, 0.4) is 0 Å². The summed E-state index contributed by atoms with van der Waals surface area (Å²) >= 11 is 0. The van der Waals surface area contributed by atoms with Gasteiger partial charge in [0.2, 0.25) is 0 Å². The average molecular weight is 199 g/mol. The van der Waals surface area contributed by atoms with E-state index in [1.807, 2.05) is 0 Å². The molecule has 1 aromatic rings. The van der Waals surface area contributed by atoms with Gasteiger partial charge in [0.15, 0.2) is 6.21 Å². The number of rotatable bonds is 3. The topological polar surface area (TPSA) is 142 Å². The van der Waals surface area contributed by atoms with Crippen LogP contribution in [0, 0.1) is 10.1 Å². The molecule has 0 aliphatic heterocycles. The Morgan fingerprint density at radius 2 is 2.64 bits per heavy atom. The molecule has 0 saturated carbocycles. The Bertz CT molecular complexity index is 355. The summed E-state index contributed by atoms with van der Waals surface area (Å²) in [7, 11) is 0. The third-order valence-corrected chi connectivity index (χ3v) is 1.05. The molecule has 0 bridgehead atoms. The minimum atomic E-state index is -0.830. The predicted octanol–water partition coefficient (Wildman–Crippen LogP) is -0.733. The molecule has 0 aromatic carbocycles. The van der Waals surface area contributed by atoms with Crippen molar-refractivity contribution in [3.8, 4) is 0 Å². The highest BCUT2D eigenvalue weighted by Gasteiger charge is 2.09. The number of hydrazone groups is 1. The van der Waals surface area contributed by atoms with Gasteiger partial charge in [-0.15, -0.1) is 5.43 Å².